The van der Waals surface area contributed by atoms with Gasteiger partial charge in [-0.3, -0.25) is 4.79 Å². The Hall–Kier alpha value is -1.99. The zero-order chi connectivity index (χ0) is 17.0. The third-order valence-corrected chi connectivity index (χ3v) is 3.89. The summed E-state index contributed by atoms with van der Waals surface area (Å²) in [5, 5.41) is 12.5. The lowest BCUT2D eigenvalue weighted by Gasteiger charge is -2.13. The van der Waals surface area contributed by atoms with Crippen LogP contribution < -0.4 is 10.1 Å². The predicted molar refractivity (Wildman–Crippen MR) is 84.3 cm³/mol. The summed E-state index contributed by atoms with van der Waals surface area (Å²) >= 11 is 3.26. The van der Waals surface area contributed by atoms with Gasteiger partial charge in [0.25, 0.3) is 5.91 Å². The number of aliphatic hydroxyl groups excluding tert-OH is 1. The minimum Gasteiger partial charge on any atom is -0.497 e. The Labute approximate surface area is 140 Å². The van der Waals surface area contributed by atoms with Crippen LogP contribution in [-0.2, 0) is 0 Å². The molecule has 0 aliphatic rings. The second kappa shape index (κ2) is 7.52. The van der Waals surface area contributed by atoms with Crippen LogP contribution in [0.25, 0.3) is 0 Å². The average molecular weight is 386 g/mol. The van der Waals surface area contributed by atoms with E-state index in [2.05, 4.69) is 21.2 Å². The van der Waals surface area contributed by atoms with Crippen molar-refractivity contribution in [2.24, 2.45) is 0 Å². The Morgan fingerprint density at radius 1 is 1.26 bits per heavy atom. The molecular weight excluding hydrogens is 372 g/mol. The van der Waals surface area contributed by atoms with E-state index in [9.17, 15) is 18.7 Å². The molecule has 0 bridgehead atoms. The van der Waals surface area contributed by atoms with Gasteiger partial charge in [0.15, 0.2) is 11.6 Å². The summed E-state index contributed by atoms with van der Waals surface area (Å²) in [6, 6.07) is 7.98. The quantitative estimate of drug-likeness (QED) is 0.830. The lowest BCUT2D eigenvalue weighted by atomic mass is 10.1. The van der Waals surface area contributed by atoms with Crippen LogP contribution in [0.15, 0.2) is 40.9 Å². The van der Waals surface area contributed by atoms with Gasteiger partial charge < -0.3 is 15.2 Å². The SMILES string of the molecule is COc1ccc(Br)c(C(=O)NCC(O)c2ccc(F)c(F)c2)c1. The van der Waals surface area contributed by atoms with Crippen molar-refractivity contribution >= 4 is 21.8 Å². The number of halogens is 3. The first-order chi connectivity index (χ1) is 10.9. The van der Waals surface area contributed by atoms with Crippen LogP contribution in [0.3, 0.4) is 0 Å². The summed E-state index contributed by atoms with van der Waals surface area (Å²) < 4.78 is 31.6. The maximum Gasteiger partial charge on any atom is 0.252 e. The molecular formula is C16H14BrF2NO3. The van der Waals surface area contributed by atoms with Gasteiger partial charge in [0.1, 0.15) is 5.75 Å². The van der Waals surface area contributed by atoms with Crippen LogP contribution in [0.5, 0.6) is 5.75 Å². The third-order valence-electron chi connectivity index (χ3n) is 3.20. The molecule has 2 aromatic carbocycles. The number of methoxy groups -OCH3 is 1. The van der Waals surface area contributed by atoms with Crippen LogP contribution in [0, 0.1) is 11.6 Å². The van der Waals surface area contributed by atoms with E-state index < -0.39 is 23.6 Å². The number of benzene rings is 2. The Bertz CT molecular complexity index is 724. The van der Waals surface area contributed by atoms with Gasteiger partial charge in [-0.15, -0.1) is 0 Å². The largest absolute Gasteiger partial charge is 0.497 e. The van der Waals surface area contributed by atoms with Crippen molar-refractivity contribution in [3.05, 3.63) is 63.6 Å². The topological polar surface area (TPSA) is 58.6 Å². The molecule has 0 aromatic heterocycles. The third kappa shape index (κ3) is 4.27. The molecule has 2 aromatic rings. The molecule has 2 N–H and O–H groups in total. The van der Waals surface area contributed by atoms with Gasteiger partial charge in [-0.1, -0.05) is 6.07 Å². The highest BCUT2D eigenvalue weighted by Gasteiger charge is 2.15. The number of ether oxygens (including phenoxy) is 1. The molecule has 1 atom stereocenters. The smallest absolute Gasteiger partial charge is 0.252 e. The van der Waals surface area contributed by atoms with Crippen molar-refractivity contribution in [1.82, 2.24) is 5.32 Å². The number of amides is 1. The number of carbonyl (C=O) groups is 1. The first kappa shape index (κ1) is 17.4. The molecule has 122 valence electrons. The molecule has 0 aliphatic carbocycles. The standard InChI is InChI=1S/C16H14BrF2NO3/c1-23-10-3-4-12(17)11(7-10)16(22)20-8-15(21)9-2-5-13(18)14(19)6-9/h2-7,15,21H,8H2,1H3,(H,20,22). The predicted octanol–water partition coefficient (Wildman–Crippen LogP) is 3.20. The minimum absolute atomic E-state index is 0.145. The molecule has 0 heterocycles. The van der Waals surface area contributed by atoms with Crippen molar-refractivity contribution < 1.29 is 23.4 Å². The number of hydrogen-bond donors (Lipinski definition) is 2. The zero-order valence-electron chi connectivity index (χ0n) is 12.1. The molecule has 7 heteroatoms. The molecule has 0 fully saturated rings. The number of aliphatic hydroxyl groups is 1. The first-order valence-corrected chi connectivity index (χ1v) is 7.46. The zero-order valence-corrected chi connectivity index (χ0v) is 13.7. The normalized spacial score (nSPS) is 11.9. The molecule has 0 spiro atoms. The molecule has 1 amide bonds. The lowest BCUT2D eigenvalue weighted by Crippen LogP contribution is -2.28. The number of carbonyl (C=O) groups excluding carboxylic acids is 1. The fourth-order valence-corrected chi connectivity index (χ4v) is 2.35. The Morgan fingerprint density at radius 2 is 2.00 bits per heavy atom. The van der Waals surface area contributed by atoms with Gasteiger partial charge in [-0.05, 0) is 51.8 Å². The van der Waals surface area contributed by atoms with Crippen molar-refractivity contribution in [2.75, 3.05) is 13.7 Å². The van der Waals surface area contributed by atoms with E-state index in [0.717, 1.165) is 12.1 Å². The van der Waals surface area contributed by atoms with Gasteiger partial charge in [-0.2, -0.15) is 0 Å². The number of hydrogen-bond acceptors (Lipinski definition) is 3. The summed E-state index contributed by atoms with van der Waals surface area (Å²) in [7, 11) is 1.48. The highest BCUT2D eigenvalue weighted by molar-refractivity contribution is 9.10. The summed E-state index contributed by atoms with van der Waals surface area (Å²) in [5.74, 6) is -1.97. The first-order valence-electron chi connectivity index (χ1n) is 6.67. The van der Waals surface area contributed by atoms with E-state index in [4.69, 9.17) is 4.74 Å². The van der Waals surface area contributed by atoms with Crippen molar-refractivity contribution in [2.45, 2.75) is 6.10 Å². The Morgan fingerprint density at radius 3 is 2.65 bits per heavy atom. The minimum atomic E-state index is -1.15. The molecule has 23 heavy (non-hydrogen) atoms. The second-order valence-electron chi connectivity index (χ2n) is 4.75. The maximum atomic E-state index is 13.1. The molecule has 1 unspecified atom stereocenters. The van der Waals surface area contributed by atoms with E-state index in [1.165, 1.54) is 13.2 Å². The van der Waals surface area contributed by atoms with E-state index in [1.807, 2.05) is 0 Å². The number of nitrogens with one attached hydrogen (secondary N) is 1. The van der Waals surface area contributed by atoms with Crippen molar-refractivity contribution in [1.29, 1.82) is 0 Å². The number of rotatable bonds is 5. The van der Waals surface area contributed by atoms with Crippen molar-refractivity contribution in [3.8, 4) is 5.75 Å². The van der Waals surface area contributed by atoms with Gasteiger partial charge >= 0.3 is 0 Å². The summed E-state index contributed by atoms with van der Waals surface area (Å²) in [6.45, 7) is -0.145. The van der Waals surface area contributed by atoms with E-state index in [1.54, 1.807) is 18.2 Å². The van der Waals surface area contributed by atoms with E-state index >= 15 is 0 Å². The molecule has 0 aliphatic heterocycles. The average Bonchev–Trinajstić information content (AvgIpc) is 2.55. The van der Waals surface area contributed by atoms with Gasteiger partial charge in [-0.25, -0.2) is 8.78 Å². The van der Waals surface area contributed by atoms with Crippen LogP contribution in [0.1, 0.15) is 22.0 Å². The van der Waals surface area contributed by atoms with Gasteiger partial charge in [0.05, 0.1) is 18.8 Å². The van der Waals surface area contributed by atoms with Crippen LogP contribution in [0.4, 0.5) is 8.78 Å². The maximum absolute atomic E-state index is 13.1. The summed E-state index contributed by atoms with van der Waals surface area (Å²) in [5.41, 5.74) is 0.510. The summed E-state index contributed by atoms with van der Waals surface area (Å²) in [4.78, 5) is 12.1. The van der Waals surface area contributed by atoms with Crippen LogP contribution in [-0.4, -0.2) is 24.7 Å². The highest BCUT2D eigenvalue weighted by atomic mass is 79.9. The molecule has 0 saturated heterocycles. The Kier molecular flexibility index (Phi) is 5.68. The van der Waals surface area contributed by atoms with Gasteiger partial charge in [0, 0.05) is 11.0 Å². The molecule has 4 nitrogen and oxygen atoms in total. The Balaban J connectivity index is 2.05. The fourth-order valence-electron chi connectivity index (χ4n) is 1.93. The van der Waals surface area contributed by atoms with Crippen LogP contribution >= 0.6 is 15.9 Å². The fraction of sp³-hybridized carbons (Fsp3) is 0.188. The molecule has 0 radical (unpaired) electrons. The van der Waals surface area contributed by atoms with E-state index in [0.29, 0.717) is 15.8 Å². The van der Waals surface area contributed by atoms with Crippen molar-refractivity contribution in [3.63, 3.8) is 0 Å². The van der Waals surface area contributed by atoms with E-state index in [-0.39, 0.29) is 12.1 Å². The monoisotopic (exact) mass is 385 g/mol. The van der Waals surface area contributed by atoms with Gasteiger partial charge in [0.2, 0.25) is 0 Å². The molecule has 0 saturated carbocycles. The highest BCUT2D eigenvalue weighted by Crippen LogP contribution is 2.22. The van der Waals surface area contributed by atoms with Crippen LogP contribution in [0.2, 0.25) is 0 Å². The second-order valence-corrected chi connectivity index (χ2v) is 5.60. The summed E-state index contributed by atoms with van der Waals surface area (Å²) in [6.07, 6.45) is -1.15. The molecule has 2 rings (SSSR count). The lowest BCUT2D eigenvalue weighted by molar-refractivity contribution is 0.0915.